The molecule has 4 heteroatoms. The van der Waals surface area contributed by atoms with Gasteiger partial charge in [0.1, 0.15) is 0 Å². The van der Waals surface area contributed by atoms with Gasteiger partial charge in [0.05, 0.1) is 0 Å². The third-order valence-electron chi connectivity index (χ3n) is 1.18. The first-order chi connectivity index (χ1) is 4.46. The van der Waals surface area contributed by atoms with Gasteiger partial charge in [-0.05, 0) is 5.92 Å². The molecule has 1 atom stereocenters. The Bertz CT molecular complexity index is 125. The van der Waals surface area contributed by atoms with Gasteiger partial charge >= 0.3 is 0 Å². The van der Waals surface area contributed by atoms with Gasteiger partial charge in [0, 0.05) is 5.71 Å². The Balaban J connectivity index is 3.95. The second kappa shape index (κ2) is 3.61. The molecule has 0 radical (unpaired) electrons. The summed E-state index contributed by atoms with van der Waals surface area (Å²) >= 11 is 0. The quantitative estimate of drug-likeness (QED) is 0.586. The van der Waals surface area contributed by atoms with E-state index in [0.717, 1.165) is 0 Å². The van der Waals surface area contributed by atoms with Crippen molar-refractivity contribution in [3.63, 3.8) is 0 Å². The third-order valence-corrected chi connectivity index (χ3v) is 1.18. The van der Waals surface area contributed by atoms with Gasteiger partial charge in [0.15, 0.2) is 6.10 Å². The van der Waals surface area contributed by atoms with Gasteiger partial charge in [-0.1, -0.05) is 13.8 Å². The topological polar surface area (TPSA) is 44.1 Å². The van der Waals surface area contributed by atoms with E-state index in [1.54, 1.807) is 13.8 Å². The van der Waals surface area contributed by atoms with E-state index in [0.29, 0.717) is 0 Å². The van der Waals surface area contributed by atoms with Crippen molar-refractivity contribution in [1.29, 1.82) is 5.41 Å². The van der Waals surface area contributed by atoms with Gasteiger partial charge < -0.3 is 10.5 Å². The lowest BCUT2D eigenvalue weighted by atomic mass is 10.0. The maximum Gasteiger partial charge on any atom is 0.269 e. The molecule has 0 saturated heterocycles. The minimum Gasteiger partial charge on any atom is -0.381 e. The summed E-state index contributed by atoms with van der Waals surface area (Å²) in [6.45, 7) is 3.18. The SMILES string of the molecule is CC(C)C(=N)C(O)C(F)F. The highest BCUT2D eigenvalue weighted by Gasteiger charge is 2.23. The molecule has 0 aliphatic rings. The third kappa shape index (κ3) is 2.39. The van der Waals surface area contributed by atoms with E-state index in [9.17, 15) is 8.78 Å². The van der Waals surface area contributed by atoms with Crippen LogP contribution in [0.5, 0.6) is 0 Å². The Morgan fingerprint density at radius 2 is 1.80 bits per heavy atom. The van der Waals surface area contributed by atoms with Gasteiger partial charge in [-0.2, -0.15) is 0 Å². The van der Waals surface area contributed by atoms with Crippen molar-refractivity contribution in [2.24, 2.45) is 5.92 Å². The highest BCUT2D eigenvalue weighted by atomic mass is 19.3. The molecule has 0 aliphatic carbocycles. The zero-order valence-electron chi connectivity index (χ0n) is 5.94. The normalized spacial score (nSPS) is 14.3. The van der Waals surface area contributed by atoms with Crippen LogP contribution in [-0.4, -0.2) is 23.3 Å². The standard InChI is InChI=1S/C6H11F2NO/c1-3(2)4(9)5(10)6(7)8/h3,5-6,9-10H,1-2H3. The van der Waals surface area contributed by atoms with E-state index in [2.05, 4.69) is 0 Å². The summed E-state index contributed by atoms with van der Waals surface area (Å²) in [5, 5.41) is 15.5. The molecule has 1 unspecified atom stereocenters. The first-order valence-corrected chi connectivity index (χ1v) is 3.01. The maximum atomic E-state index is 11.6. The molecule has 0 aromatic heterocycles. The van der Waals surface area contributed by atoms with Crippen LogP contribution in [0.4, 0.5) is 8.78 Å². The molecule has 2 nitrogen and oxygen atoms in total. The number of hydrogen-bond donors (Lipinski definition) is 2. The van der Waals surface area contributed by atoms with Gasteiger partial charge in [0.25, 0.3) is 6.43 Å². The summed E-state index contributed by atoms with van der Waals surface area (Å²) in [6.07, 6.45) is -4.73. The maximum absolute atomic E-state index is 11.6. The Labute approximate surface area is 58.4 Å². The van der Waals surface area contributed by atoms with Crippen LogP contribution in [0.2, 0.25) is 0 Å². The zero-order chi connectivity index (χ0) is 8.31. The smallest absolute Gasteiger partial charge is 0.269 e. The lowest BCUT2D eigenvalue weighted by molar-refractivity contribution is 0.0326. The van der Waals surface area contributed by atoms with Crippen LogP contribution in [0.1, 0.15) is 13.8 Å². The molecule has 0 bridgehead atoms. The van der Waals surface area contributed by atoms with Crippen LogP contribution in [0, 0.1) is 11.3 Å². The second-order valence-electron chi connectivity index (χ2n) is 2.39. The Hall–Kier alpha value is -0.510. The van der Waals surface area contributed by atoms with E-state index in [4.69, 9.17) is 10.5 Å². The van der Waals surface area contributed by atoms with Crippen molar-refractivity contribution in [3.8, 4) is 0 Å². The monoisotopic (exact) mass is 151 g/mol. The molecule has 0 aromatic rings. The fraction of sp³-hybridized carbons (Fsp3) is 0.833. The van der Waals surface area contributed by atoms with Crippen molar-refractivity contribution >= 4 is 5.71 Å². The lowest BCUT2D eigenvalue weighted by Gasteiger charge is -2.13. The van der Waals surface area contributed by atoms with Crippen LogP contribution < -0.4 is 0 Å². The van der Waals surface area contributed by atoms with E-state index in [1.807, 2.05) is 0 Å². The van der Waals surface area contributed by atoms with E-state index >= 15 is 0 Å². The van der Waals surface area contributed by atoms with Gasteiger partial charge in [-0.3, -0.25) is 0 Å². The summed E-state index contributed by atoms with van der Waals surface area (Å²) in [5.41, 5.74) is -0.310. The van der Waals surface area contributed by atoms with E-state index in [1.165, 1.54) is 0 Å². The number of aliphatic hydroxyl groups excluding tert-OH is 1. The molecular formula is C6H11F2NO. The Kier molecular flexibility index (Phi) is 3.42. The molecule has 0 heterocycles. The first kappa shape index (κ1) is 9.49. The van der Waals surface area contributed by atoms with Crippen molar-refractivity contribution in [3.05, 3.63) is 0 Å². The summed E-state index contributed by atoms with van der Waals surface area (Å²) < 4.78 is 23.3. The minimum atomic E-state index is -2.84. The largest absolute Gasteiger partial charge is 0.381 e. The number of aliphatic hydroxyl groups is 1. The highest BCUT2D eigenvalue weighted by molar-refractivity contribution is 5.87. The molecule has 0 aliphatic heterocycles. The summed E-state index contributed by atoms with van der Waals surface area (Å²) in [4.78, 5) is 0. The predicted molar refractivity (Wildman–Crippen MR) is 34.6 cm³/mol. The molecule has 60 valence electrons. The van der Waals surface area contributed by atoms with Crippen molar-refractivity contribution in [2.45, 2.75) is 26.4 Å². The van der Waals surface area contributed by atoms with Gasteiger partial charge in [0.2, 0.25) is 0 Å². The van der Waals surface area contributed by atoms with Crippen LogP contribution >= 0.6 is 0 Å². The molecule has 2 N–H and O–H groups in total. The summed E-state index contributed by atoms with van der Waals surface area (Å²) in [5.74, 6) is -0.316. The minimum absolute atomic E-state index is 0.310. The highest BCUT2D eigenvalue weighted by Crippen LogP contribution is 2.07. The molecule has 0 aromatic carbocycles. The average Bonchev–Trinajstić information content (AvgIpc) is 1.84. The number of hydrogen-bond acceptors (Lipinski definition) is 2. The molecular weight excluding hydrogens is 140 g/mol. The lowest BCUT2D eigenvalue weighted by Crippen LogP contribution is -2.30. The van der Waals surface area contributed by atoms with Crippen molar-refractivity contribution < 1.29 is 13.9 Å². The van der Waals surface area contributed by atoms with Gasteiger partial charge in [-0.15, -0.1) is 0 Å². The van der Waals surface area contributed by atoms with Crippen LogP contribution in [0.25, 0.3) is 0 Å². The van der Waals surface area contributed by atoms with Crippen LogP contribution in [0.15, 0.2) is 0 Å². The summed E-state index contributed by atoms with van der Waals surface area (Å²) in [7, 11) is 0. The zero-order valence-corrected chi connectivity index (χ0v) is 5.94. The van der Waals surface area contributed by atoms with E-state index in [-0.39, 0.29) is 11.6 Å². The van der Waals surface area contributed by atoms with Crippen molar-refractivity contribution in [2.75, 3.05) is 0 Å². The number of alkyl halides is 2. The number of rotatable bonds is 3. The van der Waals surface area contributed by atoms with Crippen LogP contribution in [-0.2, 0) is 0 Å². The molecule has 0 fully saturated rings. The molecule has 0 amide bonds. The first-order valence-electron chi connectivity index (χ1n) is 3.01. The number of nitrogens with one attached hydrogen (secondary N) is 1. The average molecular weight is 151 g/mol. The van der Waals surface area contributed by atoms with Crippen molar-refractivity contribution in [1.82, 2.24) is 0 Å². The molecule has 10 heavy (non-hydrogen) atoms. The molecule has 0 spiro atoms. The Morgan fingerprint density at radius 3 is 1.90 bits per heavy atom. The Morgan fingerprint density at radius 1 is 1.40 bits per heavy atom. The number of halogens is 2. The summed E-state index contributed by atoms with van der Waals surface area (Å²) in [6, 6.07) is 0. The van der Waals surface area contributed by atoms with E-state index < -0.39 is 12.5 Å². The molecule has 0 saturated carbocycles. The van der Waals surface area contributed by atoms with Crippen LogP contribution in [0.3, 0.4) is 0 Å². The fourth-order valence-corrected chi connectivity index (χ4v) is 0.477. The second-order valence-corrected chi connectivity index (χ2v) is 2.39. The molecule has 0 rings (SSSR count). The van der Waals surface area contributed by atoms with Gasteiger partial charge in [-0.25, -0.2) is 8.78 Å². The predicted octanol–water partition coefficient (Wildman–Crippen LogP) is 1.29. The fourth-order valence-electron chi connectivity index (χ4n) is 0.477.